The van der Waals surface area contributed by atoms with Gasteiger partial charge in [-0.05, 0) is 6.92 Å². The van der Waals surface area contributed by atoms with E-state index in [1.165, 1.54) is 0 Å². The molecule has 0 aliphatic heterocycles. The Morgan fingerprint density at radius 3 is 1.50 bits per heavy atom. The molecule has 24 heavy (non-hydrogen) atoms. The third kappa shape index (κ3) is 17.8. The summed E-state index contributed by atoms with van der Waals surface area (Å²) < 4.78 is 4.15. The summed E-state index contributed by atoms with van der Waals surface area (Å²) in [5.74, 6) is -5.02. The number of aliphatic hydroxyl groups is 4. The van der Waals surface area contributed by atoms with E-state index in [0.717, 1.165) is 0 Å². The second kappa shape index (κ2) is 15.6. The predicted molar refractivity (Wildman–Crippen MR) is 75.0 cm³/mol. The minimum Gasteiger partial charge on any atom is -0.481 e. The molecule has 0 amide bonds. The van der Waals surface area contributed by atoms with E-state index in [0.29, 0.717) is 13.1 Å². The maximum Gasteiger partial charge on any atom is 0.336 e. The Hall–Kier alpha value is -2.28. The van der Waals surface area contributed by atoms with Crippen molar-refractivity contribution in [2.24, 2.45) is 0 Å². The number of carbonyl (C=O) groups is 4. The number of hydrogen-bond acceptors (Lipinski definition) is 9. The van der Waals surface area contributed by atoms with Gasteiger partial charge in [-0.1, -0.05) is 0 Å². The molecular formula is C12H22O12. The fraction of sp³-hybridized carbons (Fsp3) is 0.667. The number of hydrogen-bond donors (Lipinski definition) is 7. The normalized spacial score (nSPS) is 9.75. The smallest absolute Gasteiger partial charge is 0.336 e. The molecule has 0 radical (unpaired) electrons. The van der Waals surface area contributed by atoms with Crippen LogP contribution in [0.15, 0.2) is 0 Å². The van der Waals surface area contributed by atoms with Crippen molar-refractivity contribution in [2.75, 3.05) is 19.8 Å². The van der Waals surface area contributed by atoms with Crippen LogP contribution in [0, 0.1) is 0 Å². The lowest BCUT2D eigenvalue weighted by atomic mass is 9.96. The highest BCUT2D eigenvalue weighted by atomic mass is 16.5. The van der Waals surface area contributed by atoms with Gasteiger partial charge in [0.25, 0.3) is 6.47 Å². The van der Waals surface area contributed by atoms with E-state index in [-0.39, 0.29) is 13.2 Å². The van der Waals surface area contributed by atoms with Gasteiger partial charge in [-0.2, -0.15) is 0 Å². The average Bonchev–Trinajstić information content (AvgIpc) is 2.46. The van der Waals surface area contributed by atoms with Gasteiger partial charge in [0.2, 0.25) is 0 Å². The monoisotopic (exact) mass is 358 g/mol. The van der Waals surface area contributed by atoms with E-state index in [2.05, 4.69) is 4.74 Å². The summed E-state index contributed by atoms with van der Waals surface area (Å²) in [6, 6.07) is 0. The van der Waals surface area contributed by atoms with Gasteiger partial charge in [0.1, 0.15) is 6.10 Å². The Kier molecular flexibility index (Phi) is 17.3. The molecule has 0 spiro atoms. The zero-order chi connectivity index (χ0) is 19.8. The largest absolute Gasteiger partial charge is 0.481 e. The van der Waals surface area contributed by atoms with E-state index < -0.39 is 42.5 Å². The molecule has 0 aromatic heterocycles. The van der Waals surface area contributed by atoms with E-state index in [1.54, 1.807) is 6.92 Å². The molecule has 12 nitrogen and oxygen atoms in total. The van der Waals surface area contributed by atoms with Gasteiger partial charge in [-0.3, -0.25) is 14.4 Å². The summed E-state index contributed by atoms with van der Waals surface area (Å²) in [7, 11) is 0. The molecule has 0 rings (SSSR count). The summed E-state index contributed by atoms with van der Waals surface area (Å²) in [4.78, 5) is 39.7. The van der Waals surface area contributed by atoms with Crippen LogP contribution in [0.2, 0.25) is 0 Å². The standard InChI is InChI=1S/C6H8O7.C3H8O3.C3H6O2/c7-3(8)1-6(13,5(11)12)2-4(9)10;4-1-3(6)2-5;1-2-5-3-4/h13H,1-2H2,(H,7,8)(H,9,10)(H,11,12);3-6H,1-2H2;3H,2H2,1H3. The highest BCUT2D eigenvalue weighted by Crippen LogP contribution is 2.15. The molecule has 0 atom stereocenters. The van der Waals surface area contributed by atoms with Crippen LogP contribution < -0.4 is 0 Å². The lowest BCUT2D eigenvalue weighted by Gasteiger charge is -2.18. The number of rotatable bonds is 9. The molecule has 0 bridgehead atoms. The number of ether oxygens (including phenoxy) is 1. The van der Waals surface area contributed by atoms with Crippen molar-refractivity contribution >= 4 is 24.4 Å². The molecule has 0 heterocycles. The topological polar surface area (TPSA) is 219 Å². The number of carboxylic acids is 3. The van der Waals surface area contributed by atoms with E-state index in [4.69, 9.17) is 35.7 Å². The number of carbonyl (C=O) groups excluding carboxylic acids is 1. The van der Waals surface area contributed by atoms with E-state index in [9.17, 15) is 19.2 Å². The van der Waals surface area contributed by atoms with Crippen LogP contribution in [-0.2, 0) is 23.9 Å². The predicted octanol–water partition coefficient (Wildman–Crippen LogP) is -2.74. The van der Waals surface area contributed by atoms with Crippen molar-refractivity contribution < 1.29 is 59.7 Å². The van der Waals surface area contributed by atoms with Gasteiger partial charge >= 0.3 is 17.9 Å². The third-order valence-corrected chi connectivity index (χ3v) is 1.94. The van der Waals surface area contributed by atoms with Crippen LogP contribution in [0.1, 0.15) is 19.8 Å². The third-order valence-electron chi connectivity index (χ3n) is 1.94. The summed E-state index contributed by atoms with van der Waals surface area (Å²) >= 11 is 0. The molecule has 0 saturated heterocycles. The van der Waals surface area contributed by atoms with Crippen LogP contribution in [0.3, 0.4) is 0 Å². The number of aliphatic hydroxyl groups excluding tert-OH is 3. The quantitative estimate of drug-likeness (QED) is 0.209. The minimum atomic E-state index is -2.74. The summed E-state index contributed by atoms with van der Waals surface area (Å²) in [6.07, 6.45) is -3.24. The Balaban J connectivity index is -0.000000332. The highest BCUT2D eigenvalue weighted by Gasteiger charge is 2.40. The number of aliphatic carboxylic acids is 3. The second-order valence-electron chi connectivity index (χ2n) is 4.05. The van der Waals surface area contributed by atoms with E-state index in [1.807, 2.05) is 0 Å². The second-order valence-corrected chi connectivity index (χ2v) is 4.05. The highest BCUT2D eigenvalue weighted by molar-refractivity contribution is 5.88. The van der Waals surface area contributed by atoms with Gasteiger partial charge in [-0.15, -0.1) is 0 Å². The lowest BCUT2D eigenvalue weighted by molar-refractivity contribution is -0.170. The van der Waals surface area contributed by atoms with Crippen molar-refractivity contribution in [1.82, 2.24) is 0 Å². The lowest BCUT2D eigenvalue weighted by Crippen LogP contribution is -2.42. The zero-order valence-electron chi connectivity index (χ0n) is 12.9. The summed E-state index contributed by atoms with van der Waals surface area (Å²) in [6.45, 7) is 1.94. The molecule has 142 valence electrons. The Bertz CT molecular complexity index is 360. The molecule has 0 fully saturated rings. The molecule has 7 N–H and O–H groups in total. The van der Waals surface area contributed by atoms with E-state index >= 15 is 0 Å². The van der Waals surface area contributed by atoms with Gasteiger partial charge in [0.15, 0.2) is 5.60 Å². The molecule has 12 heteroatoms. The zero-order valence-corrected chi connectivity index (χ0v) is 12.9. The van der Waals surface area contributed by atoms with Gasteiger partial charge in [0, 0.05) is 0 Å². The summed E-state index contributed by atoms with van der Waals surface area (Å²) in [5, 5.41) is 57.8. The molecule has 0 aliphatic carbocycles. The Morgan fingerprint density at radius 2 is 1.42 bits per heavy atom. The molecule has 0 unspecified atom stereocenters. The Morgan fingerprint density at radius 1 is 1.04 bits per heavy atom. The average molecular weight is 358 g/mol. The molecule has 0 aromatic rings. The molecular weight excluding hydrogens is 336 g/mol. The fourth-order valence-electron chi connectivity index (χ4n) is 0.840. The van der Waals surface area contributed by atoms with Crippen LogP contribution in [0.5, 0.6) is 0 Å². The minimum absolute atomic E-state index is 0.365. The van der Waals surface area contributed by atoms with Crippen molar-refractivity contribution in [1.29, 1.82) is 0 Å². The summed E-state index contributed by atoms with van der Waals surface area (Å²) in [5.41, 5.74) is -2.74. The van der Waals surface area contributed by atoms with Crippen molar-refractivity contribution in [3.63, 3.8) is 0 Å². The maximum absolute atomic E-state index is 10.3. The fourth-order valence-corrected chi connectivity index (χ4v) is 0.840. The van der Waals surface area contributed by atoms with Gasteiger partial charge in [0.05, 0.1) is 32.7 Å². The Labute approximate surface area is 136 Å². The SMILES string of the molecule is CCOC=O.O=C(O)CC(O)(CC(=O)O)C(=O)O.OCC(O)CO. The van der Waals surface area contributed by atoms with Crippen molar-refractivity contribution in [2.45, 2.75) is 31.5 Å². The molecule has 0 saturated carbocycles. The van der Waals surface area contributed by atoms with Crippen molar-refractivity contribution in [3.05, 3.63) is 0 Å². The van der Waals surface area contributed by atoms with Crippen LogP contribution in [-0.4, -0.2) is 91.7 Å². The first-order chi connectivity index (χ1) is 11.0. The number of carboxylic acid groups (broad SMARTS) is 3. The first-order valence-electron chi connectivity index (χ1n) is 6.35. The molecule has 0 aliphatic rings. The van der Waals surface area contributed by atoms with Gasteiger partial charge in [-0.25, -0.2) is 4.79 Å². The van der Waals surface area contributed by atoms with Crippen LogP contribution >= 0.6 is 0 Å². The molecule has 0 aromatic carbocycles. The van der Waals surface area contributed by atoms with Crippen LogP contribution in [0.4, 0.5) is 0 Å². The first kappa shape index (κ1) is 26.6. The first-order valence-corrected chi connectivity index (χ1v) is 6.35. The van der Waals surface area contributed by atoms with Crippen molar-refractivity contribution in [3.8, 4) is 0 Å². The maximum atomic E-state index is 10.3. The van der Waals surface area contributed by atoms with Gasteiger partial charge < -0.3 is 40.5 Å². The van der Waals surface area contributed by atoms with Crippen LogP contribution in [0.25, 0.3) is 0 Å².